The summed E-state index contributed by atoms with van der Waals surface area (Å²) in [6, 6.07) is 5.39. The van der Waals surface area contributed by atoms with Crippen molar-refractivity contribution < 1.29 is 4.42 Å². The fourth-order valence-electron chi connectivity index (χ4n) is 3.04. The summed E-state index contributed by atoms with van der Waals surface area (Å²) >= 11 is 0. The number of hydrogen-bond acceptors (Lipinski definition) is 3. The van der Waals surface area contributed by atoms with Crippen molar-refractivity contribution in [1.82, 2.24) is 10.2 Å². The van der Waals surface area contributed by atoms with Crippen LogP contribution in [0.3, 0.4) is 0 Å². The van der Waals surface area contributed by atoms with E-state index in [-0.39, 0.29) is 0 Å². The third kappa shape index (κ3) is 4.36. The molecule has 0 spiro atoms. The predicted molar refractivity (Wildman–Crippen MR) is 79.3 cm³/mol. The molecular formula is C16H28N2O. The molecule has 2 unspecified atom stereocenters. The van der Waals surface area contributed by atoms with Gasteiger partial charge in [-0.05, 0) is 30.9 Å². The van der Waals surface area contributed by atoms with Crippen molar-refractivity contribution in [2.75, 3.05) is 19.6 Å². The molecule has 1 aliphatic rings. The van der Waals surface area contributed by atoms with Crippen LogP contribution in [0.5, 0.6) is 0 Å². The number of piperazine rings is 1. The lowest BCUT2D eigenvalue weighted by atomic mass is 9.98. The van der Waals surface area contributed by atoms with E-state index >= 15 is 0 Å². The zero-order valence-corrected chi connectivity index (χ0v) is 12.6. The fourth-order valence-corrected chi connectivity index (χ4v) is 3.04. The lowest BCUT2D eigenvalue weighted by Crippen LogP contribution is -2.56. The summed E-state index contributed by atoms with van der Waals surface area (Å²) in [4.78, 5) is 2.64. The van der Waals surface area contributed by atoms with Gasteiger partial charge in [0.05, 0.1) is 6.26 Å². The third-order valence-corrected chi connectivity index (χ3v) is 4.07. The molecule has 2 rings (SSSR count). The van der Waals surface area contributed by atoms with Crippen molar-refractivity contribution in [2.45, 2.75) is 52.1 Å². The number of furan rings is 1. The van der Waals surface area contributed by atoms with Gasteiger partial charge in [-0.15, -0.1) is 0 Å². The molecule has 0 radical (unpaired) electrons. The highest BCUT2D eigenvalue weighted by Gasteiger charge is 2.26. The predicted octanol–water partition coefficient (Wildman–Crippen LogP) is 2.92. The van der Waals surface area contributed by atoms with E-state index in [0.717, 1.165) is 31.2 Å². The third-order valence-electron chi connectivity index (χ3n) is 4.07. The van der Waals surface area contributed by atoms with Gasteiger partial charge in [-0.25, -0.2) is 0 Å². The van der Waals surface area contributed by atoms with Crippen LogP contribution >= 0.6 is 0 Å². The second-order valence-electron chi connectivity index (χ2n) is 6.12. The van der Waals surface area contributed by atoms with Crippen molar-refractivity contribution in [3.63, 3.8) is 0 Å². The molecule has 0 aromatic carbocycles. The monoisotopic (exact) mass is 264 g/mol. The molecule has 19 heavy (non-hydrogen) atoms. The van der Waals surface area contributed by atoms with Crippen LogP contribution in [0.2, 0.25) is 0 Å². The number of hydrogen-bond donors (Lipinski definition) is 1. The topological polar surface area (TPSA) is 28.4 Å². The van der Waals surface area contributed by atoms with Crippen molar-refractivity contribution in [3.05, 3.63) is 24.2 Å². The summed E-state index contributed by atoms with van der Waals surface area (Å²) in [5.41, 5.74) is 0. The molecule has 2 atom stereocenters. The Hall–Kier alpha value is -0.800. The zero-order valence-electron chi connectivity index (χ0n) is 12.6. The van der Waals surface area contributed by atoms with E-state index in [1.807, 2.05) is 6.07 Å². The van der Waals surface area contributed by atoms with Gasteiger partial charge in [0.25, 0.3) is 0 Å². The Bertz CT molecular complexity index is 348. The van der Waals surface area contributed by atoms with Crippen LogP contribution in [0.25, 0.3) is 0 Å². The Morgan fingerprint density at radius 2 is 2.32 bits per heavy atom. The van der Waals surface area contributed by atoms with Gasteiger partial charge in [0, 0.05) is 38.1 Å². The molecule has 1 aromatic rings. The van der Waals surface area contributed by atoms with E-state index in [1.165, 1.54) is 19.4 Å². The van der Waals surface area contributed by atoms with Crippen LogP contribution in [0.1, 0.15) is 39.4 Å². The first kappa shape index (κ1) is 14.6. The average molecular weight is 264 g/mol. The van der Waals surface area contributed by atoms with Gasteiger partial charge in [0.2, 0.25) is 0 Å². The Balaban J connectivity index is 1.86. The molecule has 0 aliphatic carbocycles. The first-order valence-corrected chi connectivity index (χ1v) is 7.68. The lowest BCUT2D eigenvalue weighted by molar-refractivity contribution is 0.118. The van der Waals surface area contributed by atoms with Crippen LogP contribution in [0, 0.1) is 5.92 Å². The van der Waals surface area contributed by atoms with E-state index in [4.69, 9.17) is 4.42 Å². The summed E-state index contributed by atoms with van der Waals surface area (Å²) in [6.07, 6.45) is 5.29. The van der Waals surface area contributed by atoms with Gasteiger partial charge < -0.3 is 9.73 Å². The highest BCUT2D eigenvalue weighted by atomic mass is 16.3. The molecule has 2 heterocycles. The van der Waals surface area contributed by atoms with Gasteiger partial charge >= 0.3 is 0 Å². The average Bonchev–Trinajstić information content (AvgIpc) is 2.89. The van der Waals surface area contributed by atoms with E-state index < -0.39 is 0 Å². The summed E-state index contributed by atoms with van der Waals surface area (Å²) in [5, 5.41) is 3.71. The van der Waals surface area contributed by atoms with Crippen LogP contribution in [0.15, 0.2) is 22.8 Å². The van der Waals surface area contributed by atoms with Gasteiger partial charge in [0.1, 0.15) is 5.76 Å². The maximum Gasteiger partial charge on any atom is 0.105 e. The van der Waals surface area contributed by atoms with E-state index in [0.29, 0.717) is 12.1 Å². The smallest absolute Gasteiger partial charge is 0.105 e. The van der Waals surface area contributed by atoms with Crippen LogP contribution in [-0.2, 0) is 6.42 Å². The Labute approximate surface area is 117 Å². The fraction of sp³-hybridized carbons (Fsp3) is 0.750. The van der Waals surface area contributed by atoms with Crippen LogP contribution < -0.4 is 5.32 Å². The van der Waals surface area contributed by atoms with Crippen molar-refractivity contribution in [3.8, 4) is 0 Å². The molecule has 1 N–H and O–H groups in total. The normalized spacial score (nSPS) is 25.1. The largest absolute Gasteiger partial charge is 0.469 e. The number of nitrogens with zero attached hydrogens (tertiary/aromatic N) is 1. The lowest BCUT2D eigenvalue weighted by Gasteiger charge is -2.40. The van der Waals surface area contributed by atoms with Crippen LogP contribution in [0.4, 0.5) is 0 Å². The minimum Gasteiger partial charge on any atom is -0.469 e. The highest BCUT2D eigenvalue weighted by molar-refractivity contribution is 4.99. The molecule has 0 bridgehead atoms. The van der Waals surface area contributed by atoms with E-state index in [9.17, 15) is 0 Å². The first-order chi connectivity index (χ1) is 9.19. The van der Waals surface area contributed by atoms with E-state index in [2.05, 4.69) is 37.1 Å². The minimum atomic E-state index is 0.652. The molecule has 0 amide bonds. The van der Waals surface area contributed by atoms with Crippen molar-refractivity contribution >= 4 is 0 Å². The summed E-state index contributed by atoms with van der Waals surface area (Å²) in [5.74, 6) is 1.87. The van der Waals surface area contributed by atoms with Crippen LogP contribution in [-0.4, -0.2) is 36.6 Å². The summed E-state index contributed by atoms with van der Waals surface area (Å²) in [6.45, 7) is 10.3. The Morgan fingerprint density at radius 1 is 1.47 bits per heavy atom. The van der Waals surface area contributed by atoms with Gasteiger partial charge in [-0.3, -0.25) is 4.90 Å². The SMILES string of the molecule is CCC1CNC(CC(C)C)CN1CCc1ccco1. The Kier molecular flexibility index (Phi) is 5.46. The molecule has 1 aliphatic heterocycles. The second-order valence-corrected chi connectivity index (χ2v) is 6.12. The molecule has 0 saturated carbocycles. The number of rotatable bonds is 6. The first-order valence-electron chi connectivity index (χ1n) is 7.68. The van der Waals surface area contributed by atoms with Gasteiger partial charge in [0.15, 0.2) is 0 Å². The molecule has 108 valence electrons. The molecule has 3 heteroatoms. The minimum absolute atomic E-state index is 0.652. The highest BCUT2D eigenvalue weighted by Crippen LogP contribution is 2.16. The second kappa shape index (κ2) is 7.11. The summed E-state index contributed by atoms with van der Waals surface area (Å²) in [7, 11) is 0. The van der Waals surface area contributed by atoms with Crippen molar-refractivity contribution in [1.29, 1.82) is 0 Å². The van der Waals surface area contributed by atoms with Gasteiger partial charge in [-0.2, -0.15) is 0 Å². The molecular weight excluding hydrogens is 236 g/mol. The molecule has 3 nitrogen and oxygen atoms in total. The summed E-state index contributed by atoms with van der Waals surface area (Å²) < 4.78 is 5.44. The Morgan fingerprint density at radius 3 is 2.95 bits per heavy atom. The molecule has 1 fully saturated rings. The maximum absolute atomic E-state index is 5.44. The maximum atomic E-state index is 5.44. The molecule has 1 aromatic heterocycles. The standard InChI is InChI=1S/C16H28N2O/c1-4-15-11-17-14(10-13(2)3)12-18(15)8-7-16-6-5-9-19-16/h5-6,9,13-15,17H,4,7-8,10-12H2,1-3H3. The van der Waals surface area contributed by atoms with Gasteiger partial charge in [-0.1, -0.05) is 20.8 Å². The number of nitrogens with one attached hydrogen (secondary N) is 1. The zero-order chi connectivity index (χ0) is 13.7. The van der Waals surface area contributed by atoms with Crippen molar-refractivity contribution in [2.24, 2.45) is 5.92 Å². The quantitative estimate of drug-likeness (QED) is 0.856. The molecule has 1 saturated heterocycles. The van der Waals surface area contributed by atoms with E-state index in [1.54, 1.807) is 6.26 Å².